The highest BCUT2D eigenvalue weighted by molar-refractivity contribution is 6.15. The lowest BCUT2D eigenvalue weighted by atomic mass is 9.86. The number of hydrogen-bond donors (Lipinski definition) is 6. The smallest absolute Gasteiger partial charge is 0.284 e. The zero-order valence-corrected chi connectivity index (χ0v) is 11.1. The molecule has 2 bridgehead atoms. The van der Waals surface area contributed by atoms with E-state index in [9.17, 15) is 29.7 Å². The van der Waals surface area contributed by atoms with Crippen molar-refractivity contribution in [2.75, 3.05) is 13.2 Å². The van der Waals surface area contributed by atoms with Gasteiger partial charge in [-0.2, -0.15) is 0 Å². The van der Waals surface area contributed by atoms with Crippen molar-refractivity contribution in [2.45, 2.75) is 36.5 Å². The second kappa shape index (κ2) is 4.71. The van der Waals surface area contributed by atoms with Crippen molar-refractivity contribution in [3.8, 4) is 0 Å². The molecule has 6 N–H and O–H groups in total. The fourth-order valence-corrected chi connectivity index (χ4v) is 2.21. The Morgan fingerprint density at radius 3 is 2.52 bits per heavy atom. The molecule has 0 aliphatic carbocycles. The number of carbonyl (C=O) groups excluding carboxylic acids is 3. The van der Waals surface area contributed by atoms with Crippen LogP contribution >= 0.6 is 0 Å². The first-order chi connectivity index (χ1) is 9.60. The van der Waals surface area contributed by atoms with Crippen LogP contribution in [0.5, 0.6) is 0 Å². The predicted octanol–water partition coefficient (Wildman–Crippen LogP) is -4.29. The molecule has 10 heteroatoms. The minimum atomic E-state index is -2.74. The molecule has 21 heavy (non-hydrogen) atoms. The van der Waals surface area contributed by atoms with Gasteiger partial charge in [0.1, 0.15) is 11.7 Å². The lowest BCUT2D eigenvalue weighted by molar-refractivity contribution is -0.232. The van der Waals surface area contributed by atoms with Crippen molar-refractivity contribution in [1.82, 2.24) is 10.6 Å². The summed E-state index contributed by atoms with van der Waals surface area (Å²) >= 11 is 0. The monoisotopic (exact) mass is 304 g/mol. The van der Waals surface area contributed by atoms with E-state index in [2.05, 4.69) is 0 Å². The molecule has 0 aromatic carbocycles. The first kappa shape index (κ1) is 15.8. The summed E-state index contributed by atoms with van der Waals surface area (Å²) in [4.78, 5) is 35.7. The Morgan fingerprint density at radius 2 is 1.95 bits per heavy atom. The molecule has 0 aromatic heterocycles. The average Bonchev–Trinajstić information content (AvgIpc) is 2.42. The van der Waals surface area contributed by atoms with Crippen molar-refractivity contribution in [3.63, 3.8) is 0 Å². The molecule has 3 saturated heterocycles. The number of nitrogens with one attached hydrogen (secondary N) is 2. The maximum atomic E-state index is 12.1. The number of aliphatic hydroxyl groups is 4. The number of rotatable bonds is 3. The van der Waals surface area contributed by atoms with Crippen LogP contribution in [0.3, 0.4) is 0 Å². The molecule has 118 valence electrons. The first-order valence-corrected chi connectivity index (χ1v) is 6.16. The van der Waals surface area contributed by atoms with E-state index in [1.807, 2.05) is 5.32 Å². The van der Waals surface area contributed by atoms with Gasteiger partial charge in [-0.05, 0) is 6.92 Å². The van der Waals surface area contributed by atoms with Crippen LogP contribution in [-0.2, 0) is 19.1 Å². The Hall–Kier alpha value is -1.59. The van der Waals surface area contributed by atoms with Gasteiger partial charge < -0.3 is 35.8 Å². The van der Waals surface area contributed by atoms with Crippen molar-refractivity contribution in [3.05, 3.63) is 0 Å². The van der Waals surface area contributed by atoms with Crippen LogP contribution in [0.15, 0.2) is 0 Å². The number of ether oxygens (including phenoxy) is 1. The van der Waals surface area contributed by atoms with Crippen LogP contribution in [0, 0.1) is 0 Å². The third-order valence-electron chi connectivity index (χ3n) is 3.62. The molecule has 4 atom stereocenters. The predicted molar refractivity (Wildman–Crippen MR) is 63.3 cm³/mol. The van der Waals surface area contributed by atoms with E-state index in [4.69, 9.17) is 9.84 Å². The Labute approximate surface area is 118 Å². The van der Waals surface area contributed by atoms with Gasteiger partial charge in [-0.25, -0.2) is 0 Å². The van der Waals surface area contributed by atoms with Gasteiger partial charge in [0.2, 0.25) is 0 Å². The quantitative estimate of drug-likeness (QED) is 0.285. The molecule has 3 fully saturated rings. The van der Waals surface area contributed by atoms with Gasteiger partial charge in [0, 0.05) is 6.42 Å². The Kier molecular flexibility index (Phi) is 3.54. The number of ketones is 1. The molecular weight excluding hydrogens is 288 g/mol. The third-order valence-corrected chi connectivity index (χ3v) is 3.62. The van der Waals surface area contributed by atoms with Gasteiger partial charge in [0.15, 0.2) is 5.78 Å². The lowest BCUT2D eigenvalue weighted by Gasteiger charge is -2.48. The van der Waals surface area contributed by atoms with E-state index in [1.165, 1.54) is 0 Å². The van der Waals surface area contributed by atoms with E-state index >= 15 is 0 Å². The van der Waals surface area contributed by atoms with E-state index < -0.39 is 47.4 Å². The number of hydrogen-bond acceptors (Lipinski definition) is 8. The number of Topliss-reactive ketones (excluding diaryl/α,β-unsaturated/α-hetero) is 1. The number of amides is 2. The number of carbonyl (C=O) groups is 3. The number of piperazine rings is 1. The molecule has 3 rings (SSSR count). The van der Waals surface area contributed by atoms with Crippen LogP contribution in [0.25, 0.3) is 0 Å². The van der Waals surface area contributed by atoms with Crippen LogP contribution in [-0.4, -0.2) is 74.4 Å². The molecule has 3 aliphatic rings. The molecular formula is C11H16N2O8. The Balaban J connectivity index is 2.47. The van der Waals surface area contributed by atoms with Crippen molar-refractivity contribution in [2.24, 2.45) is 0 Å². The molecule has 3 heterocycles. The van der Waals surface area contributed by atoms with Crippen molar-refractivity contribution >= 4 is 17.6 Å². The van der Waals surface area contributed by atoms with Crippen LogP contribution < -0.4 is 10.6 Å². The fraction of sp³-hybridized carbons (Fsp3) is 0.727. The van der Waals surface area contributed by atoms with E-state index in [0.29, 0.717) is 0 Å². The summed E-state index contributed by atoms with van der Waals surface area (Å²) in [7, 11) is 0. The largest absolute Gasteiger partial charge is 0.393 e. The Bertz CT molecular complexity index is 506. The maximum Gasteiger partial charge on any atom is 0.284 e. The number of aliphatic hydroxyl groups excluding tert-OH is 2. The summed E-state index contributed by atoms with van der Waals surface area (Å²) in [5, 5.41) is 42.8. The van der Waals surface area contributed by atoms with Crippen LogP contribution in [0.1, 0.15) is 13.3 Å². The third kappa shape index (κ3) is 2.12. The lowest BCUT2D eigenvalue weighted by Crippen LogP contribution is -2.84. The van der Waals surface area contributed by atoms with Gasteiger partial charge in [-0.15, -0.1) is 0 Å². The zero-order valence-electron chi connectivity index (χ0n) is 11.1. The van der Waals surface area contributed by atoms with Gasteiger partial charge in [-0.1, -0.05) is 0 Å². The van der Waals surface area contributed by atoms with Crippen molar-refractivity contribution in [1.29, 1.82) is 0 Å². The Morgan fingerprint density at radius 1 is 1.33 bits per heavy atom. The molecule has 0 radical (unpaired) electrons. The molecule has 0 spiro atoms. The maximum absolute atomic E-state index is 12.1. The van der Waals surface area contributed by atoms with Crippen LogP contribution in [0.4, 0.5) is 0 Å². The molecule has 0 unspecified atom stereocenters. The van der Waals surface area contributed by atoms with E-state index in [1.54, 1.807) is 5.32 Å². The van der Waals surface area contributed by atoms with E-state index in [0.717, 1.165) is 6.92 Å². The SMILES string of the molecule is C[C@](O)(CO)[C@H](O)[C@@]12NC(=O)[C@@](O)(NC1=O)C(=O)CCO2. The van der Waals surface area contributed by atoms with Gasteiger partial charge >= 0.3 is 0 Å². The molecule has 0 saturated carbocycles. The highest BCUT2D eigenvalue weighted by atomic mass is 16.5. The van der Waals surface area contributed by atoms with E-state index in [-0.39, 0.29) is 13.0 Å². The van der Waals surface area contributed by atoms with Gasteiger partial charge in [0.25, 0.3) is 23.3 Å². The molecule has 10 nitrogen and oxygen atoms in total. The van der Waals surface area contributed by atoms with Gasteiger partial charge in [0.05, 0.1) is 13.2 Å². The second-order valence-corrected chi connectivity index (χ2v) is 5.29. The average molecular weight is 304 g/mol. The first-order valence-electron chi connectivity index (χ1n) is 6.16. The summed E-state index contributed by atoms with van der Waals surface area (Å²) < 4.78 is 5.11. The standard InChI is InChI=1S/C11H16N2O8/c1-9(19,4-14)6(16)11-8(18)12-10(20,7(17)13-11)5(15)2-3-21-11/h6,14,16,19-20H,2-4H2,1H3,(H,12,18)(H,13,17)/t6-,9-,10+,11-/m0/s1. The highest BCUT2D eigenvalue weighted by Gasteiger charge is 2.64. The minimum Gasteiger partial charge on any atom is -0.393 e. The second-order valence-electron chi connectivity index (χ2n) is 5.29. The summed E-state index contributed by atoms with van der Waals surface area (Å²) in [5.74, 6) is -3.47. The summed E-state index contributed by atoms with van der Waals surface area (Å²) in [6.45, 7) is -0.279. The summed E-state index contributed by atoms with van der Waals surface area (Å²) in [6, 6.07) is 0. The summed E-state index contributed by atoms with van der Waals surface area (Å²) in [5.41, 5.74) is -7.34. The molecule has 3 aliphatic heterocycles. The van der Waals surface area contributed by atoms with Crippen LogP contribution in [0.2, 0.25) is 0 Å². The summed E-state index contributed by atoms with van der Waals surface area (Å²) in [6.07, 6.45) is -2.43. The zero-order chi connectivity index (χ0) is 16.1. The topological polar surface area (TPSA) is 165 Å². The fourth-order valence-electron chi connectivity index (χ4n) is 2.21. The minimum absolute atomic E-state index is 0.382. The molecule has 0 aromatic rings. The number of fused-ring (bicyclic) bond motifs is 5. The van der Waals surface area contributed by atoms with Gasteiger partial charge in [-0.3, -0.25) is 14.4 Å². The molecule has 2 amide bonds. The van der Waals surface area contributed by atoms with Crippen molar-refractivity contribution < 1.29 is 39.5 Å². The normalized spacial score (nSPS) is 37.1. The highest BCUT2D eigenvalue weighted by Crippen LogP contribution is 2.30.